The number of nitrogens with zero attached hydrogens (tertiary/aromatic N) is 12. The molecule has 21 heteroatoms. The summed E-state index contributed by atoms with van der Waals surface area (Å²) in [5.74, 6) is 2.07. The van der Waals surface area contributed by atoms with Crippen molar-refractivity contribution >= 4 is 80.4 Å². The second-order valence-electron chi connectivity index (χ2n) is 21.9. The molecule has 10 unspecified atom stereocenters. The monoisotopic (exact) mass is 1110 g/mol. The molecule has 3 N–H and O–H groups in total. The van der Waals surface area contributed by atoms with Gasteiger partial charge >= 0.3 is 6.18 Å². The summed E-state index contributed by atoms with van der Waals surface area (Å²) in [6.45, 7) is 15.9. The van der Waals surface area contributed by atoms with Crippen molar-refractivity contribution in [3.8, 4) is 0 Å². The highest BCUT2D eigenvalue weighted by Crippen LogP contribution is 2.43. The SMILES string of the molecule is Cc1nn(C(C)c2ccc(Cl)cc2Cl)c2nc(N3CCC(N4CC(CC(c5ccc(Cl)cc5Cl)n5nc(C)c6ncc(N7CCC(N8CCCC8CCN)C(C)C7)nc65)CC4CCC(O)C(F)(F)F)C(C)C3)cnc12. The van der Waals surface area contributed by atoms with Crippen LogP contribution < -0.4 is 15.5 Å². The largest absolute Gasteiger partial charge is 0.414 e. The number of aryl methyl sites for hydroxylation is 2. The number of aliphatic hydroxyl groups is 1. The first kappa shape index (κ1) is 54.3. The predicted octanol–water partition coefficient (Wildman–Crippen LogP) is 11.1. The number of nitrogens with two attached hydrogens (primary N) is 1. The number of anilines is 2. The molecule has 4 aromatic heterocycles. The van der Waals surface area contributed by atoms with Crippen LogP contribution in [0.1, 0.15) is 113 Å². The number of halogens is 7. The van der Waals surface area contributed by atoms with Crippen LogP contribution in [0.25, 0.3) is 22.3 Å². The van der Waals surface area contributed by atoms with E-state index in [0.29, 0.717) is 99.4 Å². The Balaban J connectivity index is 0.912. The molecule has 0 radical (unpaired) electrons. The van der Waals surface area contributed by atoms with Gasteiger partial charge in [-0.25, -0.2) is 29.3 Å². The Morgan fingerprint density at radius 3 is 1.84 bits per heavy atom. The van der Waals surface area contributed by atoms with Gasteiger partial charge in [-0.05, 0) is 145 Å². The molecule has 0 amide bonds. The number of aromatic nitrogens is 8. The minimum atomic E-state index is -4.71. The molecule has 0 spiro atoms. The second-order valence-corrected chi connectivity index (χ2v) is 23.6. The molecule has 0 saturated carbocycles. The maximum atomic E-state index is 13.9. The summed E-state index contributed by atoms with van der Waals surface area (Å²) in [7, 11) is 0. The molecule has 4 saturated heterocycles. The number of hydrogen-bond donors (Lipinski definition) is 2. The summed E-state index contributed by atoms with van der Waals surface area (Å²) in [6, 6.07) is 11.2. The highest BCUT2D eigenvalue weighted by atomic mass is 35.5. The number of likely N-dealkylation sites (tertiary alicyclic amines) is 2. The van der Waals surface area contributed by atoms with E-state index in [2.05, 4.69) is 33.4 Å². The van der Waals surface area contributed by atoms with Crippen molar-refractivity contribution in [1.29, 1.82) is 0 Å². The fourth-order valence-electron chi connectivity index (χ4n) is 13.2. The summed E-state index contributed by atoms with van der Waals surface area (Å²) < 4.78 is 45.5. The average molecular weight is 1110 g/mol. The Morgan fingerprint density at radius 1 is 0.720 bits per heavy atom. The summed E-state index contributed by atoms with van der Waals surface area (Å²) >= 11 is 26.5. The molecule has 75 heavy (non-hydrogen) atoms. The topological polar surface area (TPSA) is 146 Å². The van der Waals surface area contributed by atoms with E-state index in [9.17, 15) is 18.3 Å². The van der Waals surface area contributed by atoms with E-state index >= 15 is 0 Å². The molecule has 404 valence electrons. The van der Waals surface area contributed by atoms with Gasteiger partial charge in [0.15, 0.2) is 11.3 Å². The number of aliphatic hydroxyl groups excluding tert-OH is 1. The fourth-order valence-corrected chi connectivity index (χ4v) is 14.3. The van der Waals surface area contributed by atoms with Gasteiger partial charge in [0.25, 0.3) is 0 Å². The summed E-state index contributed by atoms with van der Waals surface area (Å²) in [6.07, 6.45) is 2.80. The molecular weight excluding hydrogens is 1050 g/mol. The Hall–Kier alpha value is -4.07. The average Bonchev–Trinajstić information content (AvgIpc) is 4.16. The summed E-state index contributed by atoms with van der Waals surface area (Å²) in [5, 5.41) is 22.4. The zero-order valence-corrected chi connectivity index (χ0v) is 46.3. The van der Waals surface area contributed by atoms with E-state index < -0.39 is 18.3 Å². The second kappa shape index (κ2) is 22.3. The number of alkyl halides is 3. The van der Waals surface area contributed by atoms with Crippen LogP contribution in [0, 0.1) is 31.6 Å². The molecule has 0 bridgehead atoms. The van der Waals surface area contributed by atoms with Crippen molar-refractivity contribution in [2.45, 2.75) is 141 Å². The quantitative estimate of drug-likeness (QED) is 0.101. The van der Waals surface area contributed by atoms with Crippen LogP contribution in [0.2, 0.25) is 20.1 Å². The lowest BCUT2D eigenvalue weighted by Crippen LogP contribution is -2.52. The first-order chi connectivity index (χ1) is 35.9. The Morgan fingerprint density at radius 2 is 1.28 bits per heavy atom. The third-order valence-electron chi connectivity index (χ3n) is 16.9. The summed E-state index contributed by atoms with van der Waals surface area (Å²) in [5.41, 5.74) is 11.9. The Bertz CT molecular complexity index is 2990. The van der Waals surface area contributed by atoms with Gasteiger partial charge in [0.05, 0.1) is 35.9 Å². The number of piperidine rings is 2. The van der Waals surface area contributed by atoms with Crippen molar-refractivity contribution < 1.29 is 18.3 Å². The predicted molar refractivity (Wildman–Crippen MR) is 292 cm³/mol. The lowest BCUT2D eigenvalue weighted by atomic mass is 9.91. The molecule has 4 aliphatic heterocycles. The van der Waals surface area contributed by atoms with Crippen molar-refractivity contribution in [2.24, 2.45) is 23.5 Å². The van der Waals surface area contributed by atoms with Crippen LogP contribution in [0.4, 0.5) is 24.8 Å². The van der Waals surface area contributed by atoms with E-state index in [1.54, 1.807) is 18.3 Å². The van der Waals surface area contributed by atoms with Gasteiger partial charge < -0.3 is 20.6 Å². The lowest BCUT2D eigenvalue weighted by Gasteiger charge is -2.44. The van der Waals surface area contributed by atoms with Crippen LogP contribution in [0.15, 0.2) is 48.8 Å². The van der Waals surface area contributed by atoms with Crippen molar-refractivity contribution in [3.63, 3.8) is 0 Å². The van der Waals surface area contributed by atoms with Crippen LogP contribution in [-0.2, 0) is 0 Å². The Kier molecular flexibility index (Phi) is 16.2. The highest BCUT2D eigenvalue weighted by molar-refractivity contribution is 6.35. The maximum absolute atomic E-state index is 13.9. The van der Waals surface area contributed by atoms with Gasteiger partial charge in [-0.1, -0.05) is 72.4 Å². The third-order valence-corrected chi connectivity index (χ3v) is 18.0. The van der Waals surface area contributed by atoms with Gasteiger partial charge in [-0.2, -0.15) is 23.4 Å². The van der Waals surface area contributed by atoms with Crippen molar-refractivity contribution in [1.82, 2.24) is 49.3 Å². The number of benzene rings is 2. The smallest absolute Gasteiger partial charge is 0.384 e. The molecular formula is C54H68Cl4F3N13O. The zero-order chi connectivity index (χ0) is 53.0. The van der Waals surface area contributed by atoms with Crippen LogP contribution >= 0.6 is 46.4 Å². The van der Waals surface area contributed by atoms with E-state index in [1.165, 1.54) is 12.8 Å². The van der Waals surface area contributed by atoms with E-state index in [4.69, 9.17) is 82.3 Å². The number of rotatable bonds is 15. The van der Waals surface area contributed by atoms with Gasteiger partial charge in [-0.3, -0.25) is 9.80 Å². The molecule has 0 aliphatic carbocycles. The highest BCUT2D eigenvalue weighted by Gasteiger charge is 2.45. The van der Waals surface area contributed by atoms with E-state index in [0.717, 1.165) is 73.0 Å². The molecule has 8 heterocycles. The van der Waals surface area contributed by atoms with Crippen LogP contribution in [0.5, 0.6) is 0 Å². The minimum absolute atomic E-state index is 0.0252. The van der Waals surface area contributed by atoms with Gasteiger partial charge in [-0.15, -0.1) is 0 Å². The lowest BCUT2D eigenvalue weighted by molar-refractivity contribution is -0.206. The number of hydrogen-bond acceptors (Lipinski definition) is 12. The molecule has 10 rings (SSSR count). The molecule has 4 fully saturated rings. The molecule has 10 atom stereocenters. The Labute approximate surface area is 457 Å². The standard InChI is InChI=1S/C54H68Cl4F3N13O/c1-30-27-69(19-15-44(30)71-18-6-7-38(71)14-17-62)49-26-64-51-33(4)68-74(53(51)66-49)46(41-12-9-37(56)24-43(41)58)22-35-21-39(10-13-47(75)54(59,60)61)72(29-35)45-16-20-70(28-31(45)2)48-25-63-50-32(3)67-73(52(50)65-48)34(5)40-11-8-36(55)23-42(40)57/h8-9,11-12,23-26,30-31,34-35,38-39,44-47,75H,6-7,10,13-22,27-29,62H2,1-5H3. The first-order valence-electron chi connectivity index (χ1n) is 26.7. The minimum Gasteiger partial charge on any atom is -0.384 e. The van der Waals surface area contributed by atoms with E-state index in [-0.39, 0.29) is 42.8 Å². The first-order valence-corrected chi connectivity index (χ1v) is 28.2. The third kappa shape index (κ3) is 11.2. The fraction of sp³-hybridized carbons (Fsp3) is 0.593. The van der Waals surface area contributed by atoms with Crippen molar-refractivity contribution in [3.05, 3.63) is 91.4 Å². The molecule has 4 aliphatic rings. The van der Waals surface area contributed by atoms with Gasteiger partial charge in [0.2, 0.25) is 0 Å². The van der Waals surface area contributed by atoms with Crippen molar-refractivity contribution in [2.75, 3.05) is 55.6 Å². The molecule has 2 aromatic carbocycles. The van der Waals surface area contributed by atoms with Crippen LogP contribution in [0.3, 0.4) is 0 Å². The van der Waals surface area contributed by atoms with Crippen LogP contribution in [-0.4, -0.2) is 137 Å². The van der Waals surface area contributed by atoms with Gasteiger partial charge in [0.1, 0.15) is 28.8 Å². The normalized spacial score (nSPS) is 25.5. The zero-order valence-electron chi connectivity index (χ0n) is 43.2. The van der Waals surface area contributed by atoms with Gasteiger partial charge in [0, 0.05) is 77.0 Å². The maximum Gasteiger partial charge on any atom is 0.414 e. The molecule has 14 nitrogen and oxygen atoms in total. The van der Waals surface area contributed by atoms with E-state index in [1.807, 2.05) is 60.6 Å². The molecule has 6 aromatic rings. The number of fused-ring (bicyclic) bond motifs is 2. The summed E-state index contributed by atoms with van der Waals surface area (Å²) in [4.78, 5) is 30.1.